The fraction of sp³-hybridized carbons (Fsp3) is 0.643. The second-order valence-corrected chi connectivity index (χ2v) is 11.8. The number of carbonyl (C=O) groups is 2. The second-order valence-electron chi connectivity index (χ2n) is 11.8. The van der Waals surface area contributed by atoms with E-state index in [2.05, 4.69) is 9.97 Å². The summed E-state index contributed by atoms with van der Waals surface area (Å²) in [6.07, 6.45) is -8.82. The molecule has 0 amide bonds. The molecule has 2 aliphatic rings. The summed E-state index contributed by atoms with van der Waals surface area (Å²) < 4.78 is 78.5. The number of anilines is 2. The molecule has 0 spiro atoms. The summed E-state index contributed by atoms with van der Waals surface area (Å²) in [5.41, 5.74) is 4.69. The van der Waals surface area contributed by atoms with Gasteiger partial charge in [-0.25, -0.2) is 27.2 Å². The Hall–Kier alpha value is -4.14. The molecular weight excluding hydrogens is 656 g/mol. The van der Waals surface area contributed by atoms with Crippen LogP contribution in [0.25, 0.3) is 0 Å². The van der Waals surface area contributed by atoms with Gasteiger partial charge in [0.15, 0.2) is 42.1 Å². The van der Waals surface area contributed by atoms with Crippen LogP contribution < -0.4 is 22.8 Å². The molecule has 2 fully saturated rings. The summed E-state index contributed by atoms with van der Waals surface area (Å²) in [5.74, 6) is -2.76. The number of nitrogen functional groups attached to an aromatic ring is 2. The molecule has 0 unspecified atom stereocenters. The molecule has 20 heteroatoms. The van der Waals surface area contributed by atoms with Gasteiger partial charge < -0.3 is 40.6 Å². The lowest BCUT2D eigenvalue weighted by Gasteiger charge is -2.31. The molecule has 2 aromatic heterocycles. The van der Waals surface area contributed by atoms with Crippen LogP contribution in [0.15, 0.2) is 34.1 Å². The van der Waals surface area contributed by atoms with Crippen molar-refractivity contribution in [1.82, 2.24) is 19.1 Å². The van der Waals surface area contributed by atoms with E-state index in [-0.39, 0.29) is 11.6 Å². The van der Waals surface area contributed by atoms with Gasteiger partial charge >= 0.3 is 23.3 Å². The van der Waals surface area contributed by atoms with E-state index in [1.165, 1.54) is 26.0 Å². The number of hydrogen-bond donors (Lipinski definition) is 4. The first-order chi connectivity index (χ1) is 22.5. The Bertz CT molecular complexity index is 1560. The Labute approximate surface area is 270 Å². The fourth-order valence-corrected chi connectivity index (χ4v) is 4.63. The normalized spacial score (nSPS) is 29.8. The van der Waals surface area contributed by atoms with Gasteiger partial charge in [0, 0.05) is 12.4 Å². The van der Waals surface area contributed by atoms with Crippen molar-refractivity contribution >= 4 is 23.6 Å². The van der Waals surface area contributed by atoms with Gasteiger partial charge in [0.05, 0.1) is 18.4 Å². The summed E-state index contributed by atoms with van der Waals surface area (Å²) >= 11 is 0. The molecule has 0 radical (unpaired) electrons. The van der Waals surface area contributed by atoms with Crippen molar-refractivity contribution in [3.8, 4) is 0 Å². The molecule has 2 aromatic rings. The van der Waals surface area contributed by atoms with E-state index in [0.29, 0.717) is 0 Å². The van der Waals surface area contributed by atoms with Crippen LogP contribution in [0.2, 0.25) is 0 Å². The summed E-state index contributed by atoms with van der Waals surface area (Å²) in [4.78, 5) is 54.4. The number of rotatable bonds is 10. The summed E-state index contributed by atoms with van der Waals surface area (Å²) in [5, 5.41) is 18.7. The van der Waals surface area contributed by atoms with Crippen LogP contribution in [0.4, 0.5) is 29.2 Å². The number of nitrogens with two attached hydrogens (primary N) is 2. The minimum absolute atomic E-state index is 0.0610. The predicted octanol–water partition coefficient (Wildman–Crippen LogP) is -0.0784. The van der Waals surface area contributed by atoms with Crippen LogP contribution in [-0.2, 0) is 28.5 Å². The van der Waals surface area contributed by atoms with Gasteiger partial charge in [0.25, 0.3) is 0 Å². The molecule has 0 aromatic carbocycles. The molecule has 8 atom stereocenters. The number of halogens is 4. The SMILES string of the molecule is CC(C)C(=O)OC[C@@]1(CF)O[C@@H](n2ccc(N)nc2=O)[C@H](F)[C@@H]1OC(=O)C(C)C.Nc1ccn([C@@H]2O[C@@](CO)(CF)[C@@H](O)[C@H]2F)c(=O)n1. The van der Waals surface area contributed by atoms with Crippen LogP contribution in [0.1, 0.15) is 40.2 Å². The molecule has 4 heterocycles. The van der Waals surface area contributed by atoms with E-state index >= 15 is 4.39 Å². The van der Waals surface area contributed by atoms with E-state index in [1.54, 1.807) is 13.8 Å². The smallest absolute Gasteiger partial charge is 0.351 e. The second kappa shape index (κ2) is 15.4. The van der Waals surface area contributed by atoms with Gasteiger partial charge in [-0.15, -0.1) is 0 Å². The number of hydrogen-bond acceptors (Lipinski definition) is 14. The van der Waals surface area contributed by atoms with Gasteiger partial charge in [-0.3, -0.25) is 18.7 Å². The van der Waals surface area contributed by atoms with Crippen molar-refractivity contribution in [1.29, 1.82) is 0 Å². The first-order valence-electron chi connectivity index (χ1n) is 14.6. The van der Waals surface area contributed by atoms with E-state index in [1.807, 2.05) is 0 Å². The maximum Gasteiger partial charge on any atom is 0.351 e. The first-order valence-corrected chi connectivity index (χ1v) is 14.6. The average Bonchev–Trinajstić information content (AvgIpc) is 3.45. The third-order valence-electron chi connectivity index (χ3n) is 7.52. The molecule has 0 aliphatic carbocycles. The standard InChI is InChI=1S/C18H25F2N3O6.C10H13F2N3O4/c1-9(2)15(24)27-8-18(7-19)13(28-16(25)10(3)4)12(20)14(29-18)23-6-5-11(21)22-17(23)26;11-3-10(4-16)7(17)6(12)8(19-10)15-2-1-5(13)14-9(15)18/h5-6,9-10,12-14H,7-8H2,1-4H3,(H2,21,22,26);1-2,6-8,16-17H,3-4H2,(H2,13,14,18)/t12-,13+,14-,18-;6-,7+,8-,10-/m11/s1. The van der Waals surface area contributed by atoms with Gasteiger partial charge in [0.1, 0.15) is 37.7 Å². The lowest BCUT2D eigenvalue weighted by Crippen LogP contribution is -2.51. The fourth-order valence-electron chi connectivity index (χ4n) is 4.63. The highest BCUT2D eigenvalue weighted by Gasteiger charge is 2.60. The first kappa shape index (κ1) is 38.3. The molecule has 16 nitrogen and oxygen atoms in total. The molecule has 6 N–H and O–H groups in total. The maximum absolute atomic E-state index is 15.3. The summed E-state index contributed by atoms with van der Waals surface area (Å²) in [6, 6.07) is 2.47. The van der Waals surface area contributed by atoms with Crippen LogP contribution in [0.5, 0.6) is 0 Å². The molecule has 0 bridgehead atoms. The van der Waals surface area contributed by atoms with Gasteiger partial charge in [-0.1, -0.05) is 27.7 Å². The minimum atomic E-state index is -2.13. The molecule has 4 rings (SSSR count). The zero-order valence-electron chi connectivity index (χ0n) is 26.4. The zero-order valence-corrected chi connectivity index (χ0v) is 26.4. The van der Waals surface area contributed by atoms with Gasteiger partial charge in [-0.2, -0.15) is 9.97 Å². The lowest BCUT2D eigenvalue weighted by atomic mass is 9.97. The van der Waals surface area contributed by atoms with E-state index in [0.717, 1.165) is 21.5 Å². The molecule has 2 saturated heterocycles. The third kappa shape index (κ3) is 7.77. The Kier molecular flexibility index (Phi) is 12.3. The minimum Gasteiger partial charge on any atom is -0.462 e. The van der Waals surface area contributed by atoms with Crippen LogP contribution in [-0.4, -0.2) is 104 Å². The van der Waals surface area contributed by atoms with Crippen molar-refractivity contribution < 1.29 is 56.3 Å². The van der Waals surface area contributed by atoms with Crippen LogP contribution in [0, 0.1) is 11.8 Å². The topological polar surface area (TPSA) is 233 Å². The number of alkyl halides is 4. The van der Waals surface area contributed by atoms with Crippen LogP contribution >= 0.6 is 0 Å². The number of nitrogens with zero attached hydrogens (tertiary/aromatic N) is 4. The summed E-state index contributed by atoms with van der Waals surface area (Å²) in [7, 11) is 0. The quantitative estimate of drug-likeness (QED) is 0.188. The molecular formula is C28H38F4N6O10. The Balaban J connectivity index is 0.000000284. The van der Waals surface area contributed by atoms with Gasteiger partial charge in [0.2, 0.25) is 0 Å². The Morgan fingerprint density at radius 2 is 1.35 bits per heavy atom. The average molecular weight is 695 g/mol. The molecule has 268 valence electrons. The largest absolute Gasteiger partial charge is 0.462 e. The van der Waals surface area contributed by atoms with Crippen molar-refractivity contribution in [2.75, 3.05) is 38.0 Å². The van der Waals surface area contributed by atoms with Crippen molar-refractivity contribution in [3.05, 3.63) is 45.5 Å². The highest BCUT2D eigenvalue weighted by molar-refractivity contribution is 5.72. The Morgan fingerprint density at radius 1 is 0.896 bits per heavy atom. The van der Waals surface area contributed by atoms with E-state index < -0.39 is 110 Å². The highest BCUT2D eigenvalue weighted by atomic mass is 19.1. The molecule has 48 heavy (non-hydrogen) atoms. The van der Waals surface area contributed by atoms with E-state index in [4.69, 9.17) is 35.5 Å². The number of ether oxygens (including phenoxy) is 4. The van der Waals surface area contributed by atoms with Gasteiger partial charge in [-0.05, 0) is 12.1 Å². The van der Waals surface area contributed by atoms with Crippen molar-refractivity contribution in [2.45, 2.75) is 75.9 Å². The number of esters is 2. The van der Waals surface area contributed by atoms with Crippen molar-refractivity contribution in [3.63, 3.8) is 0 Å². The monoisotopic (exact) mass is 694 g/mol. The molecule has 0 saturated carbocycles. The highest BCUT2D eigenvalue weighted by Crippen LogP contribution is 2.42. The van der Waals surface area contributed by atoms with Crippen molar-refractivity contribution in [2.24, 2.45) is 11.8 Å². The predicted molar refractivity (Wildman–Crippen MR) is 157 cm³/mol. The number of aliphatic hydroxyl groups excluding tert-OH is 2. The zero-order chi connectivity index (χ0) is 36.1. The number of aromatic nitrogens is 4. The van der Waals surface area contributed by atoms with E-state index in [9.17, 15) is 37.5 Å². The number of carbonyl (C=O) groups excluding carboxylic acids is 2. The maximum atomic E-state index is 15.3. The summed E-state index contributed by atoms with van der Waals surface area (Å²) in [6.45, 7) is 1.93. The number of aliphatic hydroxyl groups is 2. The lowest BCUT2D eigenvalue weighted by molar-refractivity contribution is -0.185. The van der Waals surface area contributed by atoms with Crippen LogP contribution in [0.3, 0.4) is 0 Å². The Morgan fingerprint density at radius 3 is 1.75 bits per heavy atom. The third-order valence-corrected chi connectivity index (χ3v) is 7.52. The molecule has 2 aliphatic heterocycles.